The molecule has 7 heteroatoms. The van der Waals surface area contributed by atoms with Gasteiger partial charge in [-0.2, -0.15) is 4.98 Å². The number of rotatable bonds is 0. The number of fused-ring (bicyclic) bond motifs is 2. The molecule has 2 aliphatic rings. The molecule has 0 amide bonds. The largest absolute Gasteiger partial charge is 0.437 e. The lowest BCUT2D eigenvalue weighted by Gasteiger charge is -2.05. The third-order valence-corrected chi connectivity index (χ3v) is 3.18. The van der Waals surface area contributed by atoms with Gasteiger partial charge in [0.05, 0.1) is 10.0 Å². The standard InChI is InChI=1S/C11H4Cl2N2O3/c12-6-2-4-1-5-9(16)14-11(17)15-10(5)18-8(4)3-7(6)13/h1-3H,(H,14,16,17). The van der Waals surface area contributed by atoms with E-state index in [1.54, 1.807) is 12.1 Å². The van der Waals surface area contributed by atoms with Crippen molar-refractivity contribution in [3.8, 4) is 11.5 Å². The van der Waals surface area contributed by atoms with Gasteiger partial charge in [-0.3, -0.25) is 9.78 Å². The first-order valence-electron chi connectivity index (χ1n) is 4.87. The van der Waals surface area contributed by atoms with Gasteiger partial charge in [-0.15, -0.1) is 0 Å². The quantitative estimate of drug-likeness (QED) is 0.642. The Hall–Kier alpha value is -1.85. The fourth-order valence-electron chi connectivity index (χ4n) is 1.65. The highest BCUT2D eigenvalue weighted by Gasteiger charge is 2.14. The summed E-state index contributed by atoms with van der Waals surface area (Å²) >= 11 is 11.7. The van der Waals surface area contributed by atoms with E-state index < -0.39 is 11.2 Å². The molecule has 0 unspecified atom stereocenters. The Morgan fingerprint density at radius 3 is 2.61 bits per heavy atom. The summed E-state index contributed by atoms with van der Waals surface area (Å²) in [6.07, 6.45) is 0. The molecule has 1 aromatic rings. The summed E-state index contributed by atoms with van der Waals surface area (Å²) in [4.78, 5) is 28.3. The molecule has 2 heterocycles. The second kappa shape index (κ2) is 3.83. The number of H-pyrrole nitrogens is 1. The second-order valence-corrected chi connectivity index (χ2v) is 4.45. The number of aromatic nitrogens is 2. The molecule has 18 heavy (non-hydrogen) atoms. The van der Waals surface area contributed by atoms with Gasteiger partial charge in [-0.25, -0.2) is 4.79 Å². The van der Waals surface area contributed by atoms with E-state index in [9.17, 15) is 9.59 Å². The van der Waals surface area contributed by atoms with E-state index in [1.807, 2.05) is 0 Å². The molecule has 90 valence electrons. The van der Waals surface area contributed by atoms with Crippen LogP contribution in [0.3, 0.4) is 0 Å². The maximum atomic E-state index is 11.6. The number of nitrogens with zero attached hydrogens (tertiary/aromatic N) is 1. The van der Waals surface area contributed by atoms with Gasteiger partial charge in [0.2, 0.25) is 5.89 Å². The predicted molar refractivity (Wildman–Crippen MR) is 67.5 cm³/mol. The zero-order chi connectivity index (χ0) is 12.9. The number of halogens is 2. The van der Waals surface area contributed by atoms with Crippen molar-refractivity contribution in [2.75, 3.05) is 0 Å². The number of aromatic amines is 1. The van der Waals surface area contributed by atoms with Crippen molar-refractivity contribution in [2.24, 2.45) is 0 Å². The van der Waals surface area contributed by atoms with Gasteiger partial charge in [0.1, 0.15) is 11.1 Å². The molecule has 5 nitrogen and oxygen atoms in total. The summed E-state index contributed by atoms with van der Waals surface area (Å²) in [5.74, 6) is -0.0327. The Morgan fingerprint density at radius 2 is 1.83 bits per heavy atom. The summed E-state index contributed by atoms with van der Waals surface area (Å²) in [6.45, 7) is 0. The molecule has 2 aliphatic heterocycles. The minimum atomic E-state index is -0.754. The Kier molecular flexibility index (Phi) is 2.39. The molecule has 0 saturated carbocycles. The zero-order valence-corrected chi connectivity index (χ0v) is 10.2. The number of nitrogens with one attached hydrogen (secondary N) is 1. The van der Waals surface area contributed by atoms with Gasteiger partial charge in [-0.1, -0.05) is 23.2 Å². The maximum absolute atomic E-state index is 11.6. The lowest BCUT2D eigenvalue weighted by Crippen LogP contribution is -2.24. The zero-order valence-electron chi connectivity index (χ0n) is 8.66. The number of benzene rings is 1. The van der Waals surface area contributed by atoms with E-state index in [-0.39, 0.29) is 11.5 Å². The molecule has 0 fully saturated rings. The second-order valence-electron chi connectivity index (χ2n) is 3.64. The topological polar surface area (TPSA) is 76.0 Å². The van der Waals surface area contributed by atoms with Gasteiger partial charge in [-0.05, 0) is 12.1 Å². The molecule has 1 N–H and O–H groups in total. The highest BCUT2D eigenvalue weighted by Crippen LogP contribution is 2.30. The summed E-state index contributed by atoms with van der Waals surface area (Å²) in [6, 6.07) is 4.63. The molecule has 0 radical (unpaired) electrons. The van der Waals surface area contributed by atoms with Crippen LogP contribution in [0.15, 0.2) is 32.2 Å². The van der Waals surface area contributed by atoms with Crippen LogP contribution in [0.4, 0.5) is 0 Å². The molecule has 0 aliphatic carbocycles. The van der Waals surface area contributed by atoms with E-state index in [4.69, 9.17) is 27.6 Å². The average Bonchev–Trinajstić information content (AvgIpc) is 2.29. The van der Waals surface area contributed by atoms with Gasteiger partial charge in [0, 0.05) is 11.5 Å². The first-order chi connectivity index (χ1) is 8.54. The molecule has 0 bridgehead atoms. The van der Waals surface area contributed by atoms with Gasteiger partial charge in [0.25, 0.3) is 5.56 Å². The fraction of sp³-hybridized carbons (Fsp3) is 0. The van der Waals surface area contributed by atoms with Crippen molar-refractivity contribution in [3.63, 3.8) is 0 Å². The summed E-state index contributed by atoms with van der Waals surface area (Å²) in [5.41, 5.74) is -0.729. The molecule has 3 rings (SSSR count). The van der Waals surface area contributed by atoms with Crippen LogP contribution in [0.5, 0.6) is 0 Å². The van der Waals surface area contributed by atoms with E-state index in [2.05, 4.69) is 9.97 Å². The highest BCUT2D eigenvalue weighted by atomic mass is 35.5. The highest BCUT2D eigenvalue weighted by molar-refractivity contribution is 6.42. The third-order valence-electron chi connectivity index (χ3n) is 2.46. The minimum absolute atomic E-state index is 0.0327. The summed E-state index contributed by atoms with van der Waals surface area (Å²) in [5, 5.41) is 1.27. The van der Waals surface area contributed by atoms with E-state index >= 15 is 0 Å². The average molecular weight is 283 g/mol. The predicted octanol–water partition coefficient (Wildman–Crippen LogP) is 2.29. The lowest BCUT2D eigenvalue weighted by atomic mass is 10.1. The monoisotopic (exact) mass is 282 g/mol. The molecule has 0 spiro atoms. The van der Waals surface area contributed by atoms with Crippen LogP contribution in [-0.4, -0.2) is 9.97 Å². The molecule has 0 atom stereocenters. The van der Waals surface area contributed by atoms with Gasteiger partial charge < -0.3 is 4.42 Å². The van der Waals surface area contributed by atoms with Crippen LogP contribution in [0.2, 0.25) is 10.0 Å². The third kappa shape index (κ3) is 1.68. The summed E-state index contributed by atoms with van der Waals surface area (Å²) < 4.78 is 5.37. The van der Waals surface area contributed by atoms with Gasteiger partial charge >= 0.3 is 5.69 Å². The molecular formula is C11H4Cl2N2O3. The smallest absolute Gasteiger partial charge is 0.351 e. The molecule has 1 aromatic carbocycles. The SMILES string of the molecule is O=c1nc2oc3cc(Cl)c(Cl)cc3cc-2c(=O)[nH]1. The molecular weight excluding hydrogens is 279 g/mol. The Balaban J connectivity index is 2.52. The van der Waals surface area contributed by atoms with Crippen molar-refractivity contribution < 1.29 is 4.42 Å². The Bertz CT molecular complexity index is 853. The van der Waals surface area contributed by atoms with Crippen LogP contribution >= 0.6 is 23.2 Å². The van der Waals surface area contributed by atoms with Crippen LogP contribution < -0.4 is 11.2 Å². The summed E-state index contributed by atoms with van der Waals surface area (Å²) in [7, 11) is 0. The number of hydrogen-bond donors (Lipinski definition) is 1. The normalized spacial score (nSPS) is 11.2. The maximum Gasteiger partial charge on any atom is 0.351 e. The van der Waals surface area contributed by atoms with E-state index in [0.29, 0.717) is 21.0 Å². The Labute approximate surface area is 109 Å². The van der Waals surface area contributed by atoms with E-state index in [0.717, 1.165) is 0 Å². The lowest BCUT2D eigenvalue weighted by molar-refractivity contribution is 0.592. The van der Waals surface area contributed by atoms with Crippen LogP contribution in [0, 0.1) is 0 Å². The first-order valence-corrected chi connectivity index (χ1v) is 5.63. The fourth-order valence-corrected chi connectivity index (χ4v) is 1.98. The van der Waals surface area contributed by atoms with Crippen molar-refractivity contribution in [2.45, 2.75) is 0 Å². The molecule has 0 aromatic heterocycles. The molecule has 0 saturated heterocycles. The van der Waals surface area contributed by atoms with Crippen molar-refractivity contribution in [1.82, 2.24) is 9.97 Å². The Morgan fingerprint density at radius 1 is 1.11 bits per heavy atom. The van der Waals surface area contributed by atoms with Crippen LogP contribution in [0.1, 0.15) is 0 Å². The van der Waals surface area contributed by atoms with Crippen molar-refractivity contribution in [1.29, 1.82) is 0 Å². The van der Waals surface area contributed by atoms with Crippen molar-refractivity contribution >= 4 is 34.2 Å². The van der Waals surface area contributed by atoms with Crippen LogP contribution in [0.25, 0.3) is 22.4 Å². The minimum Gasteiger partial charge on any atom is -0.437 e. The number of hydrogen-bond acceptors (Lipinski definition) is 4. The first kappa shape index (κ1) is 11.3. The van der Waals surface area contributed by atoms with Crippen molar-refractivity contribution in [3.05, 3.63) is 49.1 Å². The van der Waals surface area contributed by atoms with Gasteiger partial charge in [0.15, 0.2) is 0 Å². The van der Waals surface area contributed by atoms with E-state index in [1.165, 1.54) is 6.07 Å². The van der Waals surface area contributed by atoms with Crippen LogP contribution in [-0.2, 0) is 0 Å².